The zero-order valence-electron chi connectivity index (χ0n) is 8.93. The average molecular weight is 329 g/mol. The highest BCUT2D eigenvalue weighted by Crippen LogP contribution is 2.15. The second-order valence-corrected chi connectivity index (χ2v) is 4.58. The molecular formula is C11H12IN3O. The summed E-state index contributed by atoms with van der Waals surface area (Å²) in [6.45, 7) is 1.38. The van der Waals surface area contributed by atoms with Gasteiger partial charge in [-0.2, -0.15) is 5.10 Å². The molecular weight excluding hydrogens is 317 g/mol. The fourth-order valence-corrected chi connectivity index (χ4v) is 1.68. The van der Waals surface area contributed by atoms with Crippen molar-refractivity contribution in [3.63, 3.8) is 0 Å². The summed E-state index contributed by atoms with van der Waals surface area (Å²) < 4.78 is 7.98. The molecule has 16 heavy (non-hydrogen) atoms. The molecule has 84 valence electrons. The monoisotopic (exact) mass is 329 g/mol. The molecule has 1 aromatic carbocycles. The van der Waals surface area contributed by atoms with Gasteiger partial charge in [-0.25, -0.2) is 4.98 Å². The number of hydrogen-bond acceptors (Lipinski definition) is 3. The SMILES string of the molecule is COCCn1cnc(-c2ccc(I)cc2)n1. The highest BCUT2D eigenvalue weighted by Gasteiger charge is 2.03. The van der Waals surface area contributed by atoms with E-state index < -0.39 is 0 Å². The number of nitrogens with zero attached hydrogens (tertiary/aromatic N) is 3. The van der Waals surface area contributed by atoms with Crippen LogP contribution in [0.2, 0.25) is 0 Å². The van der Waals surface area contributed by atoms with Gasteiger partial charge in [-0.05, 0) is 34.7 Å². The van der Waals surface area contributed by atoms with Crippen LogP contribution in [0.15, 0.2) is 30.6 Å². The molecule has 0 saturated carbocycles. The zero-order chi connectivity index (χ0) is 11.4. The molecule has 2 rings (SSSR count). The van der Waals surface area contributed by atoms with Gasteiger partial charge >= 0.3 is 0 Å². The minimum absolute atomic E-state index is 0.648. The summed E-state index contributed by atoms with van der Waals surface area (Å²) in [6, 6.07) is 8.15. The molecule has 1 heterocycles. The van der Waals surface area contributed by atoms with E-state index in [4.69, 9.17) is 4.74 Å². The highest BCUT2D eigenvalue weighted by atomic mass is 127. The van der Waals surface area contributed by atoms with Crippen LogP contribution in [0.5, 0.6) is 0 Å². The number of ether oxygens (including phenoxy) is 1. The summed E-state index contributed by atoms with van der Waals surface area (Å²) in [5.74, 6) is 0.757. The van der Waals surface area contributed by atoms with Gasteiger partial charge in [0, 0.05) is 16.2 Å². The summed E-state index contributed by atoms with van der Waals surface area (Å²) in [5, 5.41) is 4.37. The predicted octanol–water partition coefficient (Wildman–Crippen LogP) is 2.20. The molecule has 0 amide bonds. The number of aromatic nitrogens is 3. The van der Waals surface area contributed by atoms with E-state index in [9.17, 15) is 0 Å². The predicted molar refractivity (Wildman–Crippen MR) is 70.1 cm³/mol. The van der Waals surface area contributed by atoms with Crippen LogP contribution in [0.3, 0.4) is 0 Å². The molecule has 0 bridgehead atoms. The first-order valence-electron chi connectivity index (χ1n) is 4.94. The van der Waals surface area contributed by atoms with Gasteiger partial charge in [0.2, 0.25) is 0 Å². The summed E-state index contributed by atoms with van der Waals surface area (Å²) in [4.78, 5) is 4.26. The Balaban J connectivity index is 2.15. The molecule has 2 aromatic rings. The number of halogens is 1. The fourth-order valence-electron chi connectivity index (χ4n) is 1.32. The standard InChI is InChI=1S/C11H12IN3O/c1-16-7-6-15-8-13-11(14-15)9-2-4-10(12)5-3-9/h2-5,8H,6-7H2,1H3. The highest BCUT2D eigenvalue weighted by molar-refractivity contribution is 14.1. The Morgan fingerprint density at radius 2 is 2.06 bits per heavy atom. The zero-order valence-corrected chi connectivity index (χ0v) is 11.1. The first kappa shape index (κ1) is 11.5. The van der Waals surface area contributed by atoms with Crippen molar-refractivity contribution < 1.29 is 4.74 Å². The summed E-state index contributed by atoms with van der Waals surface area (Å²) in [6.07, 6.45) is 1.73. The average Bonchev–Trinajstić information content (AvgIpc) is 2.76. The van der Waals surface area contributed by atoms with E-state index in [-0.39, 0.29) is 0 Å². The van der Waals surface area contributed by atoms with Crippen molar-refractivity contribution in [1.29, 1.82) is 0 Å². The lowest BCUT2D eigenvalue weighted by Gasteiger charge is -1.98. The molecule has 1 aromatic heterocycles. The van der Waals surface area contributed by atoms with Crippen LogP contribution in [0.4, 0.5) is 0 Å². The lowest BCUT2D eigenvalue weighted by Crippen LogP contribution is -2.04. The molecule has 0 aliphatic carbocycles. The van der Waals surface area contributed by atoms with Crippen LogP contribution in [0.1, 0.15) is 0 Å². The quantitative estimate of drug-likeness (QED) is 0.808. The van der Waals surface area contributed by atoms with Gasteiger partial charge in [0.1, 0.15) is 6.33 Å². The van der Waals surface area contributed by atoms with Gasteiger partial charge in [-0.3, -0.25) is 4.68 Å². The van der Waals surface area contributed by atoms with E-state index >= 15 is 0 Å². The van der Waals surface area contributed by atoms with Crippen molar-refractivity contribution in [2.45, 2.75) is 6.54 Å². The third-order valence-corrected chi connectivity index (χ3v) is 2.88. The van der Waals surface area contributed by atoms with Crippen molar-refractivity contribution in [1.82, 2.24) is 14.8 Å². The normalized spacial score (nSPS) is 10.6. The Morgan fingerprint density at radius 3 is 2.75 bits per heavy atom. The van der Waals surface area contributed by atoms with Crippen LogP contribution >= 0.6 is 22.6 Å². The molecule has 0 unspecified atom stereocenters. The topological polar surface area (TPSA) is 39.9 Å². The Labute approximate surface area is 108 Å². The minimum atomic E-state index is 0.648. The van der Waals surface area contributed by atoms with Crippen LogP contribution in [0, 0.1) is 3.57 Å². The van der Waals surface area contributed by atoms with Gasteiger partial charge in [0.25, 0.3) is 0 Å². The molecule has 4 nitrogen and oxygen atoms in total. The molecule has 0 N–H and O–H groups in total. The second kappa shape index (κ2) is 5.40. The van der Waals surface area contributed by atoms with E-state index in [1.165, 1.54) is 3.57 Å². The van der Waals surface area contributed by atoms with Crippen LogP contribution < -0.4 is 0 Å². The van der Waals surface area contributed by atoms with Gasteiger partial charge in [0.05, 0.1) is 13.2 Å². The molecule has 0 atom stereocenters. The molecule has 0 saturated heterocycles. The Bertz CT molecular complexity index is 453. The Kier molecular flexibility index (Phi) is 3.89. The summed E-state index contributed by atoms with van der Waals surface area (Å²) >= 11 is 2.28. The second-order valence-electron chi connectivity index (χ2n) is 3.33. The minimum Gasteiger partial charge on any atom is -0.383 e. The molecule has 0 aliphatic rings. The first-order chi connectivity index (χ1) is 7.79. The number of rotatable bonds is 4. The smallest absolute Gasteiger partial charge is 0.181 e. The first-order valence-corrected chi connectivity index (χ1v) is 6.02. The molecule has 5 heteroatoms. The van der Waals surface area contributed by atoms with Gasteiger partial charge in [-0.1, -0.05) is 12.1 Å². The Morgan fingerprint density at radius 1 is 1.31 bits per heavy atom. The maximum absolute atomic E-state index is 4.99. The number of benzene rings is 1. The molecule has 0 radical (unpaired) electrons. The largest absolute Gasteiger partial charge is 0.383 e. The summed E-state index contributed by atoms with van der Waals surface area (Å²) in [5.41, 5.74) is 1.04. The van der Waals surface area contributed by atoms with Crippen LogP contribution in [0.25, 0.3) is 11.4 Å². The van der Waals surface area contributed by atoms with E-state index in [0.717, 1.165) is 17.9 Å². The molecule has 0 aliphatic heterocycles. The summed E-state index contributed by atoms with van der Waals surface area (Å²) in [7, 11) is 1.68. The van der Waals surface area contributed by atoms with Crippen molar-refractivity contribution in [2.75, 3.05) is 13.7 Å². The van der Waals surface area contributed by atoms with Crippen molar-refractivity contribution in [2.24, 2.45) is 0 Å². The third-order valence-electron chi connectivity index (χ3n) is 2.16. The van der Waals surface area contributed by atoms with Crippen LogP contribution in [-0.2, 0) is 11.3 Å². The van der Waals surface area contributed by atoms with Crippen molar-refractivity contribution in [3.8, 4) is 11.4 Å². The maximum Gasteiger partial charge on any atom is 0.181 e. The molecule has 0 fully saturated rings. The maximum atomic E-state index is 4.99. The van der Waals surface area contributed by atoms with Crippen LogP contribution in [-0.4, -0.2) is 28.5 Å². The number of methoxy groups -OCH3 is 1. The Hall–Kier alpha value is -0.950. The lowest BCUT2D eigenvalue weighted by molar-refractivity contribution is 0.183. The van der Waals surface area contributed by atoms with E-state index in [1.54, 1.807) is 18.1 Å². The van der Waals surface area contributed by atoms with Gasteiger partial charge < -0.3 is 4.74 Å². The lowest BCUT2D eigenvalue weighted by atomic mass is 10.2. The fraction of sp³-hybridized carbons (Fsp3) is 0.273. The van der Waals surface area contributed by atoms with E-state index in [2.05, 4.69) is 32.7 Å². The van der Waals surface area contributed by atoms with Gasteiger partial charge in [0.15, 0.2) is 5.82 Å². The van der Waals surface area contributed by atoms with E-state index in [1.807, 2.05) is 24.3 Å². The molecule has 0 spiro atoms. The van der Waals surface area contributed by atoms with Crippen molar-refractivity contribution in [3.05, 3.63) is 34.2 Å². The van der Waals surface area contributed by atoms with Crippen molar-refractivity contribution >= 4 is 22.6 Å². The van der Waals surface area contributed by atoms with Gasteiger partial charge in [-0.15, -0.1) is 0 Å². The number of hydrogen-bond donors (Lipinski definition) is 0. The third kappa shape index (κ3) is 2.79. The van der Waals surface area contributed by atoms with E-state index in [0.29, 0.717) is 6.61 Å².